The molecule has 0 saturated carbocycles. The Morgan fingerprint density at radius 2 is 2.00 bits per heavy atom. The van der Waals surface area contributed by atoms with Gasteiger partial charge < -0.3 is 10.1 Å². The summed E-state index contributed by atoms with van der Waals surface area (Å²) in [7, 11) is 0. The Morgan fingerprint density at radius 1 is 1.24 bits per heavy atom. The summed E-state index contributed by atoms with van der Waals surface area (Å²) in [6.45, 7) is 6.73. The van der Waals surface area contributed by atoms with Gasteiger partial charge in [0.2, 0.25) is 0 Å². The molecule has 1 aromatic rings. The van der Waals surface area contributed by atoms with E-state index >= 15 is 0 Å². The number of nitrogens with one attached hydrogen (secondary N) is 1. The van der Waals surface area contributed by atoms with Gasteiger partial charge in [0.1, 0.15) is 0 Å². The van der Waals surface area contributed by atoms with Crippen molar-refractivity contribution < 1.29 is 4.74 Å². The molecule has 0 radical (unpaired) electrons. The fourth-order valence-electron chi connectivity index (χ4n) is 1.68. The average molecular weight is 256 g/mol. The van der Waals surface area contributed by atoms with E-state index in [9.17, 15) is 0 Å². The Balaban J connectivity index is 2.64. The maximum Gasteiger partial charge on any atom is 0.0662 e. The van der Waals surface area contributed by atoms with E-state index in [-0.39, 0.29) is 6.04 Å². The predicted octanol–water partition coefficient (Wildman–Crippen LogP) is 3.81. The van der Waals surface area contributed by atoms with Crippen molar-refractivity contribution in [2.75, 3.05) is 19.8 Å². The lowest BCUT2D eigenvalue weighted by Gasteiger charge is -2.20. The monoisotopic (exact) mass is 255 g/mol. The van der Waals surface area contributed by atoms with Gasteiger partial charge >= 0.3 is 0 Å². The van der Waals surface area contributed by atoms with Crippen molar-refractivity contribution in [2.45, 2.75) is 32.7 Å². The smallest absolute Gasteiger partial charge is 0.0662 e. The highest BCUT2D eigenvalue weighted by atomic mass is 35.5. The van der Waals surface area contributed by atoms with Crippen molar-refractivity contribution in [3.05, 3.63) is 34.9 Å². The first-order valence-corrected chi connectivity index (χ1v) is 6.73. The molecule has 0 fully saturated rings. The van der Waals surface area contributed by atoms with Gasteiger partial charge in [0.15, 0.2) is 0 Å². The van der Waals surface area contributed by atoms with Crippen molar-refractivity contribution in [1.82, 2.24) is 5.32 Å². The second-order valence-corrected chi connectivity index (χ2v) is 4.51. The van der Waals surface area contributed by atoms with Gasteiger partial charge in [0.25, 0.3) is 0 Å². The highest BCUT2D eigenvalue weighted by Crippen LogP contribution is 2.22. The van der Waals surface area contributed by atoms with E-state index < -0.39 is 0 Å². The SMILES string of the molecule is CCCNC(COCCC)c1ccccc1Cl. The first-order valence-electron chi connectivity index (χ1n) is 6.35. The second kappa shape index (κ2) is 8.51. The summed E-state index contributed by atoms with van der Waals surface area (Å²) < 4.78 is 5.63. The third-order valence-electron chi connectivity index (χ3n) is 2.55. The van der Waals surface area contributed by atoms with Crippen LogP contribution in [0.4, 0.5) is 0 Å². The molecule has 0 saturated heterocycles. The van der Waals surface area contributed by atoms with Crippen LogP contribution in [0.5, 0.6) is 0 Å². The van der Waals surface area contributed by atoms with E-state index in [2.05, 4.69) is 25.2 Å². The lowest BCUT2D eigenvalue weighted by Crippen LogP contribution is -2.26. The molecular formula is C14H22ClNO. The van der Waals surface area contributed by atoms with Crippen LogP contribution in [0.1, 0.15) is 38.3 Å². The van der Waals surface area contributed by atoms with Crippen LogP contribution in [-0.2, 0) is 4.74 Å². The van der Waals surface area contributed by atoms with Crippen LogP contribution in [-0.4, -0.2) is 19.8 Å². The summed E-state index contributed by atoms with van der Waals surface area (Å²) in [5.41, 5.74) is 1.12. The summed E-state index contributed by atoms with van der Waals surface area (Å²) in [6.07, 6.45) is 2.15. The third-order valence-corrected chi connectivity index (χ3v) is 2.90. The van der Waals surface area contributed by atoms with Gasteiger partial charge in [-0.2, -0.15) is 0 Å². The molecule has 1 rings (SSSR count). The average Bonchev–Trinajstić information content (AvgIpc) is 2.35. The molecule has 1 N–H and O–H groups in total. The van der Waals surface area contributed by atoms with Crippen LogP contribution < -0.4 is 5.32 Å². The lowest BCUT2D eigenvalue weighted by molar-refractivity contribution is 0.112. The van der Waals surface area contributed by atoms with Gasteiger partial charge in [0, 0.05) is 11.6 Å². The highest BCUT2D eigenvalue weighted by molar-refractivity contribution is 6.31. The summed E-state index contributed by atoms with van der Waals surface area (Å²) in [6, 6.07) is 8.15. The van der Waals surface area contributed by atoms with E-state index in [4.69, 9.17) is 16.3 Å². The molecule has 0 heterocycles. The van der Waals surface area contributed by atoms with Crippen molar-refractivity contribution in [3.8, 4) is 0 Å². The molecule has 1 atom stereocenters. The second-order valence-electron chi connectivity index (χ2n) is 4.10. The maximum absolute atomic E-state index is 6.22. The molecule has 0 amide bonds. The molecular weight excluding hydrogens is 234 g/mol. The fraction of sp³-hybridized carbons (Fsp3) is 0.571. The molecule has 0 spiro atoms. The molecule has 0 aliphatic rings. The number of rotatable bonds is 8. The Hall–Kier alpha value is -0.570. The number of hydrogen-bond donors (Lipinski definition) is 1. The molecule has 1 unspecified atom stereocenters. The number of hydrogen-bond acceptors (Lipinski definition) is 2. The van der Waals surface area contributed by atoms with Crippen molar-refractivity contribution >= 4 is 11.6 Å². The quantitative estimate of drug-likeness (QED) is 0.714. The third kappa shape index (κ3) is 5.07. The zero-order valence-electron chi connectivity index (χ0n) is 10.7. The predicted molar refractivity (Wildman–Crippen MR) is 73.6 cm³/mol. The molecule has 0 aliphatic heterocycles. The number of benzene rings is 1. The van der Waals surface area contributed by atoms with Gasteiger partial charge in [-0.3, -0.25) is 0 Å². The van der Waals surface area contributed by atoms with Gasteiger partial charge in [-0.15, -0.1) is 0 Å². The first kappa shape index (κ1) is 14.5. The summed E-state index contributed by atoms with van der Waals surface area (Å²) >= 11 is 6.22. The van der Waals surface area contributed by atoms with Crippen LogP contribution in [0.15, 0.2) is 24.3 Å². The first-order chi connectivity index (χ1) is 8.29. The molecule has 1 aromatic carbocycles. The molecule has 0 aliphatic carbocycles. The molecule has 17 heavy (non-hydrogen) atoms. The zero-order valence-corrected chi connectivity index (χ0v) is 11.5. The van der Waals surface area contributed by atoms with Crippen LogP contribution >= 0.6 is 11.6 Å². The lowest BCUT2D eigenvalue weighted by atomic mass is 10.1. The van der Waals surface area contributed by atoms with Crippen LogP contribution in [0.3, 0.4) is 0 Å². The van der Waals surface area contributed by atoms with E-state index in [0.717, 1.165) is 36.6 Å². The summed E-state index contributed by atoms with van der Waals surface area (Å²) in [5, 5.41) is 4.28. The van der Waals surface area contributed by atoms with E-state index in [1.165, 1.54) is 0 Å². The van der Waals surface area contributed by atoms with Crippen molar-refractivity contribution in [3.63, 3.8) is 0 Å². The standard InChI is InChI=1S/C14H22ClNO/c1-3-9-16-14(11-17-10-4-2)12-7-5-6-8-13(12)15/h5-8,14,16H,3-4,9-11H2,1-2H3. The molecule has 3 heteroatoms. The highest BCUT2D eigenvalue weighted by Gasteiger charge is 2.13. The Bertz CT molecular complexity index is 317. The molecule has 96 valence electrons. The van der Waals surface area contributed by atoms with Crippen LogP contribution in [0.2, 0.25) is 5.02 Å². The topological polar surface area (TPSA) is 21.3 Å². The summed E-state index contributed by atoms with van der Waals surface area (Å²) in [4.78, 5) is 0. The normalized spacial score (nSPS) is 12.6. The zero-order chi connectivity index (χ0) is 12.5. The number of ether oxygens (including phenoxy) is 1. The van der Waals surface area contributed by atoms with Gasteiger partial charge in [-0.05, 0) is 31.0 Å². The van der Waals surface area contributed by atoms with E-state index in [1.807, 2.05) is 18.2 Å². The largest absolute Gasteiger partial charge is 0.379 e. The maximum atomic E-state index is 6.22. The van der Waals surface area contributed by atoms with E-state index in [1.54, 1.807) is 0 Å². The Morgan fingerprint density at radius 3 is 2.65 bits per heavy atom. The number of halogens is 1. The van der Waals surface area contributed by atoms with Crippen molar-refractivity contribution in [2.24, 2.45) is 0 Å². The van der Waals surface area contributed by atoms with Gasteiger partial charge in [-0.25, -0.2) is 0 Å². The minimum absolute atomic E-state index is 0.190. The molecule has 0 bridgehead atoms. The molecule has 2 nitrogen and oxygen atoms in total. The van der Waals surface area contributed by atoms with Crippen molar-refractivity contribution in [1.29, 1.82) is 0 Å². The van der Waals surface area contributed by atoms with Gasteiger partial charge in [-0.1, -0.05) is 43.6 Å². The fourth-order valence-corrected chi connectivity index (χ4v) is 1.95. The minimum Gasteiger partial charge on any atom is -0.379 e. The molecule has 0 aromatic heterocycles. The Labute approximate surface area is 109 Å². The minimum atomic E-state index is 0.190. The van der Waals surface area contributed by atoms with Crippen LogP contribution in [0, 0.1) is 0 Å². The summed E-state index contributed by atoms with van der Waals surface area (Å²) in [5.74, 6) is 0. The van der Waals surface area contributed by atoms with Gasteiger partial charge in [0.05, 0.1) is 12.6 Å². The Kier molecular flexibility index (Phi) is 7.25. The van der Waals surface area contributed by atoms with E-state index in [0.29, 0.717) is 6.61 Å². The van der Waals surface area contributed by atoms with Crippen LogP contribution in [0.25, 0.3) is 0 Å².